The molecule has 0 aliphatic rings. The molecule has 0 aliphatic heterocycles. The van der Waals surface area contributed by atoms with Gasteiger partial charge in [-0.1, -0.05) is 24.9 Å². The molecule has 130 valence electrons. The molecule has 0 unspecified atom stereocenters. The first kappa shape index (κ1) is 18.6. The summed E-state index contributed by atoms with van der Waals surface area (Å²) in [5.74, 6) is 0. The average Bonchev–Trinajstić information content (AvgIpc) is 2.59. The van der Waals surface area contributed by atoms with Crippen LogP contribution in [0.3, 0.4) is 0 Å². The molecule has 0 atom stereocenters. The van der Waals surface area contributed by atoms with Crippen LogP contribution in [-0.4, -0.2) is 41.2 Å². The van der Waals surface area contributed by atoms with Crippen LogP contribution in [0.15, 0.2) is 35.3 Å². The Labute approximate surface area is 146 Å². The summed E-state index contributed by atoms with van der Waals surface area (Å²) in [6, 6.07) is 6.64. The van der Waals surface area contributed by atoms with E-state index in [1.165, 1.54) is 10.7 Å². The standard InChI is InChI=1S/C17H22ClN3O3/c1-2-3-9-23-11-12-24-10-8-21-17(22)7-6-16(20-21)15-5-4-14(18)13-19-15/h4-7,13H,2-3,8-12H2,1H3. The highest BCUT2D eigenvalue weighted by Gasteiger charge is 2.05. The molecular formula is C17H22ClN3O3. The number of rotatable bonds is 10. The van der Waals surface area contributed by atoms with E-state index in [4.69, 9.17) is 21.1 Å². The molecule has 24 heavy (non-hydrogen) atoms. The molecule has 0 aromatic carbocycles. The van der Waals surface area contributed by atoms with Gasteiger partial charge in [-0.25, -0.2) is 4.68 Å². The third kappa shape index (κ3) is 6.03. The Morgan fingerprint density at radius 1 is 1.04 bits per heavy atom. The number of halogens is 1. The third-order valence-electron chi connectivity index (χ3n) is 3.32. The van der Waals surface area contributed by atoms with Gasteiger partial charge in [0, 0.05) is 18.9 Å². The summed E-state index contributed by atoms with van der Waals surface area (Å²) in [4.78, 5) is 16.1. The molecule has 0 saturated heterocycles. The first-order valence-electron chi connectivity index (χ1n) is 8.06. The lowest BCUT2D eigenvalue weighted by Gasteiger charge is -2.08. The van der Waals surface area contributed by atoms with Crippen LogP contribution in [0, 0.1) is 0 Å². The highest BCUT2D eigenvalue weighted by molar-refractivity contribution is 6.30. The minimum absolute atomic E-state index is 0.171. The fourth-order valence-electron chi connectivity index (χ4n) is 1.99. The van der Waals surface area contributed by atoms with Crippen LogP contribution in [0.2, 0.25) is 5.02 Å². The Balaban J connectivity index is 1.83. The second-order valence-corrected chi connectivity index (χ2v) is 5.66. The molecule has 7 heteroatoms. The van der Waals surface area contributed by atoms with Crippen LogP contribution in [0.1, 0.15) is 19.8 Å². The lowest BCUT2D eigenvalue weighted by Crippen LogP contribution is -2.25. The van der Waals surface area contributed by atoms with Crippen molar-refractivity contribution in [2.24, 2.45) is 0 Å². The molecule has 2 heterocycles. The van der Waals surface area contributed by atoms with E-state index < -0.39 is 0 Å². The first-order chi connectivity index (χ1) is 11.7. The van der Waals surface area contributed by atoms with E-state index in [0.717, 1.165) is 19.4 Å². The monoisotopic (exact) mass is 351 g/mol. The van der Waals surface area contributed by atoms with Crippen molar-refractivity contribution in [3.8, 4) is 11.4 Å². The van der Waals surface area contributed by atoms with Crippen molar-refractivity contribution in [2.45, 2.75) is 26.3 Å². The summed E-state index contributed by atoms with van der Waals surface area (Å²) in [6.07, 6.45) is 3.73. The van der Waals surface area contributed by atoms with Crippen molar-refractivity contribution in [3.63, 3.8) is 0 Å². The molecule has 0 bridgehead atoms. The van der Waals surface area contributed by atoms with Crippen molar-refractivity contribution in [1.29, 1.82) is 0 Å². The van der Waals surface area contributed by atoms with Crippen molar-refractivity contribution in [2.75, 3.05) is 26.4 Å². The zero-order chi connectivity index (χ0) is 17.2. The lowest BCUT2D eigenvalue weighted by molar-refractivity contribution is 0.0427. The largest absolute Gasteiger partial charge is 0.379 e. The number of hydrogen-bond donors (Lipinski definition) is 0. The van der Waals surface area contributed by atoms with E-state index in [0.29, 0.717) is 42.8 Å². The van der Waals surface area contributed by atoms with Crippen LogP contribution in [-0.2, 0) is 16.0 Å². The maximum Gasteiger partial charge on any atom is 0.266 e. The van der Waals surface area contributed by atoms with Crippen LogP contribution in [0.25, 0.3) is 11.4 Å². The number of ether oxygens (including phenoxy) is 2. The fourth-order valence-corrected chi connectivity index (χ4v) is 2.10. The Bertz CT molecular complexity index is 674. The molecule has 2 aromatic rings. The molecule has 2 rings (SSSR count). The van der Waals surface area contributed by atoms with Gasteiger partial charge in [0.25, 0.3) is 5.56 Å². The summed E-state index contributed by atoms with van der Waals surface area (Å²) >= 11 is 5.83. The molecule has 2 aromatic heterocycles. The Morgan fingerprint density at radius 3 is 2.50 bits per heavy atom. The maximum absolute atomic E-state index is 11.9. The summed E-state index contributed by atoms with van der Waals surface area (Å²) in [7, 11) is 0. The topological polar surface area (TPSA) is 66.2 Å². The van der Waals surface area contributed by atoms with Gasteiger partial charge >= 0.3 is 0 Å². The third-order valence-corrected chi connectivity index (χ3v) is 3.54. The summed E-state index contributed by atoms with van der Waals surface area (Å²) < 4.78 is 12.3. The Hall–Kier alpha value is -1.76. The fraction of sp³-hybridized carbons (Fsp3) is 0.471. The van der Waals surface area contributed by atoms with Gasteiger partial charge in [0.2, 0.25) is 0 Å². The predicted octanol–water partition coefficient (Wildman–Crippen LogP) is 2.79. The van der Waals surface area contributed by atoms with Gasteiger partial charge in [-0.15, -0.1) is 0 Å². The van der Waals surface area contributed by atoms with Gasteiger partial charge < -0.3 is 9.47 Å². The predicted molar refractivity (Wildman–Crippen MR) is 93.3 cm³/mol. The second kappa shape index (κ2) is 10.2. The van der Waals surface area contributed by atoms with Crippen LogP contribution in [0.4, 0.5) is 0 Å². The first-order valence-corrected chi connectivity index (χ1v) is 8.44. The minimum atomic E-state index is -0.171. The maximum atomic E-state index is 11.9. The Morgan fingerprint density at radius 2 is 1.79 bits per heavy atom. The molecule has 0 amide bonds. The molecule has 0 aliphatic carbocycles. The van der Waals surface area contributed by atoms with Crippen molar-refractivity contribution < 1.29 is 9.47 Å². The van der Waals surface area contributed by atoms with Crippen molar-refractivity contribution in [3.05, 3.63) is 45.8 Å². The number of hydrogen-bond acceptors (Lipinski definition) is 5. The van der Waals surface area contributed by atoms with Gasteiger partial charge in [0.05, 0.1) is 37.1 Å². The Kier molecular flexibility index (Phi) is 7.88. The molecule has 0 N–H and O–H groups in total. The lowest BCUT2D eigenvalue weighted by atomic mass is 10.2. The van der Waals surface area contributed by atoms with Gasteiger partial charge in [-0.2, -0.15) is 5.10 Å². The van der Waals surface area contributed by atoms with Gasteiger partial charge in [0.15, 0.2) is 0 Å². The van der Waals surface area contributed by atoms with E-state index in [1.807, 2.05) is 0 Å². The van der Waals surface area contributed by atoms with Gasteiger partial charge in [-0.3, -0.25) is 9.78 Å². The number of pyridine rings is 1. The molecule has 0 fully saturated rings. The molecule has 0 radical (unpaired) electrons. The zero-order valence-corrected chi connectivity index (χ0v) is 14.5. The number of aromatic nitrogens is 3. The van der Waals surface area contributed by atoms with Crippen LogP contribution >= 0.6 is 11.6 Å². The summed E-state index contributed by atoms with van der Waals surface area (Å²) in [6.45, 7) is 4.75. The second-order valence-electron chi connectivity index (χ2n) is 5.22. The van der Waals surface area contributed by atoms with E-state index in [9.17, 15) is 4.79 Å². The highest BCUT2D eigenvalue weighted by atomic mass is 35.5. The smallest absolute Gasteiger partial charge is 0.266 e. The summed E-state index contributed by atoms with van der Waals surface area (Å²) in [5.41, 5.74) is 1.11. The number of unbranched alkanes of at least 4 members (excludes halogenated alkanes) is 1. The SMILES string of the molecule is CCCCOCCOCCn1nc(-c2ccc(Cl)cn2)ccc1=O. The van der Waals surface area contributed by atoms with Crippen LogP contribution < -0.4 is 5.56 Å². The van der Waals surface area contributed by atoms with Crippen LogP contribution in [0.5, 0.6) is 0 Å². The molecule has 0 spiro atoms. The van der Waals surface area contributed by atoms with Crippen molar-refractivity contribution in [1.82, 2.24) is 14.8 Å². The van der Waals surface area contributed by atoms with Gasteiger partial charge in [-0.05, 0) is 24.6 Å². The van der Waals surface area contributed by atoms with E-state index >= 15 is 0 Å². The van der Waals surface area contributed by atoms with Crippen molar-refractivity contribution >= 4 is 11.6 Å². The van der Waals surface area contributed by atoms with E-state index in [2.05, 4.69) is 17.0 Å². The molecule has 0 saturated carbocycles. The van der Waals surface area contributed by atoms with Gasteiger partial charge in [0.1, 0.15) is 5.69 Å². The quantitative estimate of drug-likeness (QED) is 0.616. The normalized spacial score (nSPS) is 10.9. The summed E-state index contributed by atoms with van der Waals surface area (Å²) in [5, 5.41) is 4.87. The van der Waals surface area contributed by atoms with E-state index in [1.54, 1.807) is 24.4 Å². The zero-order valence-electron chi connectivity index (χ0n) is 13.8. The van der Waals surface area contributed by atoms with E-state index in [-0.39, 0.29) is 5.56 Å². The highest BCUT2D eigenvalue weighted by Crippen LogP contribution is 2.14. The number of nitrogens with zero attached hydrogens (tertiary/aromatic N) is 3. The minimum Gasteiger partial charge on any atom is -0.379 e. The average molecular weight is 352 g/mol. The molecule has 6 nitrogen and oxygen atoms in total. The molecular weight excluding hydrogens is 330 g/mol.